The maximum Gasteiger partial charge on any atom is 0.0781 e. The molecule has 0 fully saturated rings. The van der Waals surface area contributed by atoms with Gasteiger partial charge in [0, 0.05) is 25.2 Å². The first-order valence-corrected chi connectivity index (χ1v) is 8.89. The topological polar surface area (TPSA) is 92.2 Å². The summed E-state index contributed by atoms with van der Waals surface area (Å²) in [5, 5.41) is 0. The Balaban J connectivity index is 3.45. The van der Waals surface area contributed by atoms with Crippen LogP contribution in [0.2, 0.25) is 0 Å². The van der Waals surface area contributed by atoms with E-state index >= 15 is 0 Å². The van der Waals surface area contributed by atoms with Crippen molar-refractivity contribution in [1.29, 1.82) is 0 Å². The second-order valence-corrected chi connectivity index (χ2v) is 6.70. The van der Waals surface area contributed by atoms with E-state index in [4.69, 9.17) is 30.4 Å². The van der Waals surface area contributed by atoms with Crippen LogP contribution in [0.3, 0.4) is 0 Å². The van der Waals surface area contributed by atoms with E-state index in [-0.39, 0.29) is 24.3 Å². The van der Waals surface area contributed by atoms with Gasteiger partial charge in [-0.15, -0.1) is 0 Å². The van der Waals surface area contributed by atoms with Gasteiger partial charge in [-0.1, -0.05) is 0 Å². The van der Waals surface area contributed by atoms with Crippen molar-refractivity contribution in [3.8, 4) is 0 Å². The number of hydrogen-bond acceptors (Lipinski definition) is 7. The Morgan fingerprint density at radius 2 is 1.08 bits per heavy atom. The van der Waals surface area contributed by atoms with Crippen LogP contribution in [0.15, 0.2) is 0 Å². The number of rotatable bonds is 16. The smallest absolute Gasteiger partial charge is 0.0781 e. The van der Waals surface area contributed by atoms with Gasteiger partial charge in [-0.2, -0.15) is 0 Å². The molecule has 0 aliphatic heterocycles. The summed E-state index contributed by atoms with van der Waals surface area (Å²) in [6.45, 7) is 13.2. The summed E-state index contributed by atoms with van der Waals surface area (Å²) < 4.78 is 22.3. The van der Waals surface area contributed by atoms with Gasteiger partial charge in [0.2, 0.25) is 0 Å². The van der Waals surface area contributed by atoms with Crippen molar-refractivity contribution in [3.63, 3.8) is 0 Å². The monoisotopic (exact) mass is 349 g/mol. The minimum atomic E-state index is 0.0606. The molecule has 0 aliphatic carbocycles. The fourth-order valence-electron chi connectivity index (χ4n) is 1.78. The predicted octanol–water partition coefficient (Wildman–Crippen LogP) is 0.456. The third-order valence-corrected chi connectivity index (χ3v) is 3.23. The van der Waals surface area contributed by atoms with Gasteiger partial charge >= 0.3 is 0 Å². The van der Waals surface area contributed by atoms with Gasteiger partial charge in [-0.25, -0.2) is 0 Å². The highest BCUT2D eigenvalue weighted by atomic mass is 16.5. The molecule has 4 atom stereocenters. The minimum Gasteiger partial charge on any atom is -0.377 e. The molecule has 0 heterocycles. The average molecular weight is 350 g/mol. The molecule has 0 aromatic rings. The van der Waals surface area contributed by atoms with Gasteiger partial charge in [-0.3, -0.25) is 0 Å². The van der Waals surface area contributed by atoms with Crippen LogP contribution in [0.5, 0.6) is 0 Å². The number of ether oxygens (including phenoxy) is 4. The van der Waals surface area contributed by atoms with Gasteiger partial charge < -0.3 is 35.3 Å². The zero-order valence-corrected chi connectivity index (χ0v) is 16.2. The zero-order chi connectivity index (χ0) is 18.4. The molecule has 146 valence electrons. The van der Waals surface area contributed by atoms with Crippen molar-refractivity contribution >= 4 is 0 Å². The number of likely N-dealkylation sites (N-methyl/N-ethyl adjacent to an activating group) is 1. The molecule has 4 unspecified atom stereocenters. The van der Waals surface area contributed by atoms with Crippen LogP contribution < -0.4 is 11.5 Å². The second-order valence-electron chi connectivity index (χ2n) is 6.70. The normalized spacial score (nSPS) is 17.0. The molecule has 0 rings (SSSR count). The molecule has 0 bridgehead atoms. The Kier molecular flexibility index (Phi) is 14.8. The quantitative estimate of drug-likeness (QED) is 0.391. The van der Waals surface area contributed by atoms with Crippen LogP contribution in [-0.2, 0) is 18.9 Å². The molecule has 0 aromatic carbocycles. The van der Waals surface area contributed by atoms with Gasteiger partial charge in [0.15, 0.2) is 0 Å². The highest BCUT2D eigenvalue weighted by Gasteiger charge is 2.06. The molecule has 0 saturated carbocycles. The Morgan fingerprint density at radius 1 is 0.708 bits per heavy atom. The van der Waals surface area contributed by atoms with E-state index < -0.39 is 0 Å². The molecule has 0 saturated heterocycles. The predicted molar refractivity (Wildman–Crippen MR) is 97.3 cm³/mol. The van der Waals surface area contributed by atoms with E-state index in [0.717, 1.165) is 13.1 Å². The van der Waals surface area contributed by atoms with Crippen molar-refractivity contribution < 1.29 is 18.9 Å². The number of nitrogens with two attached hydrogens (primary N) is 2. The van der Waals surface area contributed by atoms with E-state index in [1.807, 2.05) is 27.7 Å². The SMILES string of the molecule is CC(N)COC(C)COCCN(C)CCOCC(C)OCC(C)N. The maximum atomic E-state index is 5.64. The van der Waals surface area contributed by atoms with Crippen molar-refractivity contribution in [2.45, 2.75) is 52.0 Å². The first kappa shape index (κ1) is 23.7. The van der Waals surface area contributed by atoms with Gasteiger partial charge in [0.05, 0.1) is 51.8 Å². The van der Waals surface area contributed by atoms with Crippen LogP contribution in [0.25, 0.3) is 0 Å². The Bertz CT molecular complexity index is 255. The van der Waals surface area contributed by atoms with Crippen molar-refractivity contribution in [3.05, 3.63) is 0 Å². The Morgan fingerprint density at radius 3 is 1.42 bits per heavy atom. The molecule has 4 N–H and O–H groups in total. The first-order chi connectivity index (χ1) is 11.3. The zero-order valence-electron chi connectivity index (χ0n) is 16.2. The summed E-state index contributed by atoms with van der Waals surface area (Å²) in [7, 11) is 2.05. The minimum absolute atomic E-state index is 0.0606. The van der Waals surface area contributed by atoms with Crippen LogP contribution in [0, 0.1) is 0 Å². The number of nitrogens with zero attached hydrogens (tertiary/aromatic N) is 1. The van der Waals surface area contributed by atoms with E-state index in [1.165, 1.54) is 0 Å². The van der Waals surface area contributed by atoms with Crippen LogP contribution in [0.1, 0.15) is 27.7 Å². The molecule has 0 aromatic heterocycles. The van der Waals surface area contributed by atoms with Crippen molar-refractivity contribution in [2.24, 2.45) is 11.5 Å². The van der Waals surface area contributed by atoms with Gasteiger partial charge in [-0.05, 0) is 34.7 Å². The van der Waals surface area contributed by atoms with Crippen molar-refractivity contribution in [1.82, 2.24) is 4.90 Å². The molecule has 0 radical (unpaired) electrons. The van der Waals surface area contributed by atoms with Crippen LogP contribution in [-0.4, -0.2) is 89.0 Å². The van der Waals surface area contributed by atoms with E-state index in [1.54, 1.807) is 0 Å². The highest BCUT2D eigenvalue weighted by molar-refractivity contribution is 4.56. The molecule has 7 heteroatoms. The standard InChI is InChI=1S/C17H39N3O4/c1-14(18)10-23-16(3)12-21-8-6-20(5)7-9-22-13-17(4)24-11-15(2)19/h14-17H,6-13,18-19H2,1-5H3. The van der Waals surface area contributed by atoms with Crippen LogP contribution in [0.4, 0.5) is 0 Å². The second kappa shape index (κ2) is 15.0. The molecular weight excluding hydrogens is 310 g/mol. The van der Waals surface area contributed by atoms with Crippen molar-refractivity contribution in [2.75, 3.05) is 59.8 Å². The Labute approximate surface area is 147 Å². The molecule has 24 heavy (non-hydrogen) atoms. The van der Waals surface area contributed by atoms with Gasteiger partial charge in [0.25, 0.3) is 0 Å². The van der Waals surface area contributed by atoms with E-state index in [9.17, 15) is 0 Å². The lowest BCUT2D eigenvalue weighted by molar-refractivity contribution is -0.0210. The van der Waals surface area contributed by atoms with E-state index in [0.29, 0.717) is 39.6 Å². The summed E-state index contributed by atoms with van der Waals surface area (Å²) in [6.07, 6.45) is 0.143. The summed E-state index contributed by atoms with van der Waals surface area (Å²) in [5.74, 6) is 0. The average Bonchev–Trinajstić information content (AvgIpc) is 2.51. The first-order valence-electron chi connectivity index (χ1n) is 8.89. The third kappa shape index (κ3) is 16.6. The molecule has 0 aliphatic rings. The lowest BCUT2D eigenvalue weighted by Gasteiger charge is -2.19. The molecule has 0 spiro atoms. The largest absolute Gasteiger partial charge is 0.377 e. The lowest BCUT2D eigenvalue weighted by Crippen LogP contribution is -2.31. The highest BCUT2D eigenvalue weighted by Crippen LogP contribution is 1.95. The maximum absolute atomic E-state index is 5.64. The Hall–Kier alpha value is -0.280. The van der Waals surface area contributed by atoms with Gasteiger partial charge in [0.1, 0.15) is 0 Å². The summed E-state index contributed by atoms with van der Waals surface area (Å²) in [4.78, 5) is 2.18. The number of hydrogen-bond donors (Lipinski definition) is 2. The molecule has 0 amide bonds. The fourth-order valence-corrected chi connectivity index (χ4v) is 1.78. The third-order valence-electron chi connectivity index (χ3n) is 3.23. The fraction of sp³-hybridized carbons (Fsp3) is 1.00. The summed E-state index contributed by atoms with van der Waals surface area (Å²) >= 11 is 0. The lowest BCUT2D eigenvalue weighted by atomic mass is 10.4. The summed E-state index contributed by atoms with van der Waals surface area (Å²) in [6, 6.07) is 0.121. The van der Waals surface area contributed by atoms with Crippen LogP contribution >= 0.6 is 0 Å². The molecule has 7 nitrogen and oxygen atoms in total. The molecular formula is C17H39N3O4. The van der Waals surface area contributed by atoms with E-state index in [2.05, 4.69) is 11.9 Å². The summed E-state index contributed by atoms with van der Waals surface area (Å²) in [5.41, 5.74) is 11.3.